The largest absolute Gasteiger partial charge is 0.497 e. The average Bonchev–Trinajstić information content (AvgIpc) is 2.68. The lowest BCUT2D eigenvalue weighted by Gasteiger charge is -2.34. The molecule has 1 aromatic carbocycles. The molecule has 1 aromatic heterocycles. The Bertz CT molecular complexity index is 816. The van der Waals surface area contributed by atoms with Gasteiger partial charge in [-0.2, -0.15) is 4.31 Å². The van der Waals surface area contributed by atoms with Gasteiger partial charge in [0.15, 0.2) is 0 Å². The second-order valence-electron chi connectivity index (χ2n) is 5.78. The van der Waals surface area contributed by atoms with Gasteiger partial charge in [-0.3, -0.25) is 0 Å². The lowest BCUT2D eigenvalue weighted by molar-refractivity contribution is 0.384. The van der Waals surface area contributed by atoms with E-state index in [4.69, 9.17) is 4.74 Å². The highest BCUT2D eigenvalue weighted by Gasteiger charge is 2.26. The maximum Gasteiger partial charge on any atom is 0.213 e. The van der Waals surface area contributed by atoms with E-state index in [0.29, 0.717) is 26.2 Å². The standard InChI is InChI=1S/C17H22N4O3S/c1-3-25(22,23)21-10-8-20(9-11-21)17-12-16(18-13-19-17)14-4-6-15(24-2)7-5-14/h4-7,12-13H,3,8-11H2,1-2H3. The number of ether oxygens (including phenoxy) is 1. The van der Waals surface area contributed by atoms with Crippen LogP contribution in [0.5, 0.6) is 5.75 Å². The van der Waals surface area contributed by atoms with Crippen molar-refractivity contribution in [2.24, 2.45) is 0 Å². The molecule has 1 fully saturated rings. The molecule has 1 saturated heterocycles. The third-order valence-electron chi connectivity index (χ3n) is 4.36. The summed E-state index contributed by atoms with van der Waals surface area (Å²) < 4.78 is 30.6. The summed E-state index contributed by atoms with van der Waals surface area (Å²) in [7, 11) is -1.49. The summed E-state index contributed by atoms with van der Waals surface area (Å²) >= 11 is 0. The molecule has 1 aliphatic rings. The summed E-state index contributed by atoms with van der Waals surface area (Å²) in [5, 5.41) is 0. The number of benzene rings is 1. The summed E-state index contributed by atoms with van der Waals surface area (Å²) in [4.78, 5) is 10.8. The average molecular weight is 362 g/mol. The molecule has 25 heavy (non-hydrogen) atoms. The van der Waals surface area contributed by atoms with Gasteiger partial charge in [-0.25, -0.2) is 18.4 Å². The van der Waals surface area contributed by atoms with Crippen LogP contribution < -0.4 is 9.64 Å². The van der Waals surface area contributed by atoms with E-state index >= 15 is 0 Å². The molecule has 134 valence electrons. The predicted molar refractivity (Wildman–Crippen MR) is 97.3 cm³/mol. The Morgan fingerprint density at radius 1 is 1.08 bits per heavy atom. The summed E-state index contributed by atoms with van der Waals surface area (Å²) in [6.45, 7) is 3.89. The highest BCUT2D eigenvalue weighted by atomic mass is 32.2. The maximum atomic E-state index is 12.0. The van der Waals surface area contributed by atoms with Crippen molar-refractivity contribution >= 4 is 15.8 Å². The van der Waals surface area contributed by atoms with Crippen molar-refractivity contribution in [3.63, 3.8) is 0 Å². The number of anilines is 1. The number of methoxy groups -OCH3 is 1. The van der Waals surface area contributed by atoms with Gasteiger partial charge >= 0.3 is 0 Å². The Morgan fingerprint density at radius 2 is 1.76 bits per heavy atom. The molecule has 0 N–H and O–H groups in total. The number of hydrogen-bond acceptors (Lipinski definition) is 6. The minimum absolute atomic E-state index is 0.141. The van der Waals surface area contributed by atoms with E-state index in [9.17, 15) is 8.42 Å². The number of aromatic nitrogens is 2. The molecule has 3 rings (SSSR count). The van der Waals surface area contributed by atoms with Crippen LogP contribution in [0.4, 0.5) is 5.82 Å². The molecule has 7 nitrogen and oxygen atoms in total. The van der Waals surface area contributed by atoms with Gasteiger partial charge in [-0.15, -0.1) is 0 Å². The molecule has 0 aliphatic carbocycles. The molecule has 0 radical (unpaired) electrons. The maximum absolute atomic E-state index is 12.0. The smallest absolute Gasteiger partial charge is 0.213 e. The van der Waals surface area contributed by atoms with E-state index in [2.05, 4.69) is 14.9 Å². The lowest BCUT2D eigenvalue weighted by Crippen LogP contribution is -2.49. The van der Waals surface area contributed by atoms with E-state index in [1.54, 1.807) is 24.7 Å². The zero-order chi connectivity index (χ0) is 17.9. The minimum atomic E-state index is -3.12. The summed E-state index contributed by atoms with van der Waals surface area (Å²) in [5.74, 6) is 1.75. The summed E-state index contributed by atoms with van der Waals surface area (Å²) in [6.07, 6.45) is 1.55. The number of nitrogens with zero attached hydrogens (tertiary/aromatic N) is 4. The van der Waals surface area contributed by atoms with Gasteiger partial charge in [0.2, 0.25) is 10.0 Å². The van der Waals surface area contributed by atoms with E-state index in [0.717, 1.165) is 22.8 Å². The van der Waals surface area contributed by atoms with Crippen LogP contribution in [0.25, 0.3) is 11.3 Å². The number of rotatable bonds is 5. The Labute approximate surface area is 148 Å². The van der Waals surface area contributed by atoms with Gasteiger partial charge in [-0.05, 0) is 31.2 Å². The zero-order valence-electron chi connectivity index (χ0n) is 14.4. The van der Waals surface area contributed by atoms with Crippen LogP contribution in [0.3, 0.4) is 0 Å². The molecule has 0 saturated carbocycles. The van der Waals surface area contributed by atoms with Crippen molar-refractivity contribution in [1.82, 2.24) is 14.3 Å². The van der Waals surface area contributed by atoms with Gasteiger partial charge in [0.1, 0.15) is 17.9 Å². The monoisotopic (exact) mass is 362 g/mol. The predicted octanol–water partition coefficient (Wildman–Crippen LogP) is 1.62. The van der Waals surface area contributed by atoms with Gasteiger partial charge in [-0.1, -0.05) is 0 Å². The van der Waals surface area contributed by atoms with Crippen LogP contribution in [0.2, 0.25) is 0 Å². The van der Waals surface area contributed by atoms with Crippen molar-refractivity contribution < 1.29 is 13.2 Å². The minimum Gasteiger partial charge on any atom is -0.497 e. The Hall–Kier alpha value is -2.19. The van der Waals surface area contributed by atoms with Crippen LogP contribution in [0.15, 0.2) is 36.7 Å². The van der Waals surface area contributed by atoms with Crippen molar-refractivity contribution in [3.05, 3.63) is 36.7 Å². The van der Waals surface area contributed by atoms with Gasteiger partial charge in [0.25, 0.3) is 0 Å². The van der Waals surface area contributed by atoms with Crippen molar-refractivity contribution in [2.45, 2.75) is 6.92 Å². The SMILES string of the molecule is CCS(=O)(=O)N1CCN(c2cc(-c3ccc(OC)cc3)ncn2)CC1. The van der Waals surface area contributed by atoms with E-state index in [1.807, 2.05) is 30.3 Å². The molecule has 1 aliphatic heterocycles. The van der Waals surface area contributed by atoms with Crippen molar-refractivity contribution in [3.8, 4) is 17.0 Å². The fraction of sp³-hybridized carbons (Fsp3) is 0.412. The molecule has 0 amide bonds. The Kier molecular flexibility index (Phi) is 5.19. The van der Waals surface area contributed by atoms with Crippen LogP contribution in [0.1, 0.15) is 6.92 Å². The van der Waals surface area contributed by atoms with Gasteiger partial charge in [0.05, 0.1) is 18.6 Å². The van der Waals surface area contributed by atoms with Crippen LogP contribution in [0, 0.1) is 0 Å². The summed E-state index contributed by atoms with van der Waals surface area (Å²) in [5.41, 5.74) is 1.81. The third kappa shape index (κ3) is 3.91. The second-order valence-corrected chi connectivity index (χ2v) is 8.03. The first-order chi connectivity index (χ1) is 12.0. The Morgan fingerprint density at radius 3 is 2.36 bits per heavy atom. The van der Waals surface area contributed by atoms with Crippen molar-refractivity contribution in [1.29, 1.82) is 0 Å². The van der Waals surface area contributed by atoms with Gasteiger partial charge in [0, 0.05) is 37.8 Å². The fourth-order valence-corrected chi connectivity index (χ4v) is 3.90. The van der Waals surface area contributed by atoms with E-state index < -0.39 is 10.0 Å². The molecule has 0 unspecified atom stereocenters. The molecular weight excluding hydrogens is 340 g/mol. The quantitative estimate of drug-likeness (QED) is 0.805. The van der Waals surface area contributed by atoms with Gasteiger partial charge < -0.3 is 9.64 Å². The highest BCUT2D eigenvalue weighted by molar-refractivity contribution is 7.89. The normalized spacial score (nSPS) is 16.0. The molecule has 0 atom stereocenters. The first kappa shape index (κ1) is 17.6. The Balaban J connectivity index is 1.74. The number of hydrogen-bond donors (Lipinski definition) is 0. The van der Waals surface area contributed by atoms with Crippen LogP contribution in [-0.2, 0) is 10.0 Å². The van der Waals surface area contributed by atoms with E-state index in [1.165, 1.54) is 0 Å². The first-order valence-corrected chi connectivity index (χ1v) is 9.83. The first-order valence-electron chi connectivity index (χ1n) is 8.22. The summed E-state index contributed by atoms with van der Waals surface area (Å²) in [6, 6.07) is 9.64. The fourth-order valence-electron chi connectivity index (χ4n) is 2.82. The number of sulfonamides is 1. The van der Waals surface area contributed by atoms with E-state index in [-0.39, 0.29) is 5.75 Å². The van der Waals surface area contributed by atoms with Crippen LogP contribution in [-0.4, -0.2) is 61.7 Å². The molecule has 2 aromatic rings. The highest BCUT2D eigenvalue weighted by Crippen LogP contribution is 2.24. The molecule has 0 spiro atoms. The zero-order valence-corrected chi connectivity index (χ0v) is 15.2. The molecule has 8 heteroatoms. The lowest BCUT2D eigenvalue weighted by atomic mass is 10.1. The number of piperazine rings is 1. The van der Waals surface area contributed by atoms with Crippen molar-refractivity contribution in [2.75, 3.05) is 43.9 Å². The molecule has 0 bridgehead atoms. The third-order valence-corrected chi connectivity index (χ3v) is 6.24. The topological polar surface area (TPSA) is 75.6 Å². The molecule has 2 heterocycles. The molecular formula is C17H22N4O3S. The van der Waals surface area contributed by atoms with Crippen LogP contribution >= 0.6 is 0 Å². The second kappa shape index (κ2) is 7.37.